The Balaban J connectivity index is 1.04. The molecule has 0 aliphatic carbocycles. The molecule has 0 spiro atoms. The van der Waals surface area contributed by atoms with Gasteiger partial charge in [-0.1, -0.05) is 102 Å². The Morgan fingerprint density at radius 2 is 0.719 bits per heavy atom. The molecule has 0 radical (unpaired) electrons. The first-order chi connectivity index (χ1) is 29.9. The Morgan fingerprint density at radius 3 is 1.05 bits per heavy atom. The number of benzene rings is 6. The van der Waals surface area contributed by atoms with Gasteiger partial charge >= 0.3 is 14.2 Å². The van der Waals surface area contributed by atoms with E-state index in [1.165, 1.54) is 32.9 Å². The third-order valence-electron chi connectivity index (χ3n) is 14.4. The van der Waals surface area contributed by atoms with Gasteiger partial charge < -0.3 is 28.1 Å². The molecule has 2 aliphatic heterocycles. The van der Waals surface area contributed by atoms with Crippen LogP contribution in [-0.4, -0.2) is 41.2 Å². The van der Waals surface area contributed by atoms with Crippen molar-refractivity contribution in [2.75, 3.05) is 4.90 Å². The van der Waals surface area contributed by atoms with Crippen LogP contribution in [0.2, 0.25) is 0 Å². The van der Waals surface area contributed by atoms with Crippen LogP contribution in [0.15, 0.2) is 133 Å². The Bertz CT molecular complexity index is 2660. The molecule has 2 saturated heterocycles. The first-order valence-corrected chi connectivity index (χ1v) is 22.9. The SMILES string of the molecule is CC(C)(C)c1ccc2c(c1)c1cc(C(C)(C)C)ccc1n2-c1ccc(-c2ccc(N(c3ccc(B4OC(C)(C)C(C)(C)O4)cc3)c3ccc(B4OC(C)(C)C(C)(C)O4)cc3)cc2)cc1. The van der Waals surface area contributed by atoms with Crippen LogP contribution < -0.4 is 15.8 Å². The second-order valence-electron chi connectivity index (χ2n) is 22.1. The van der Waals surface area contributed by atoms with Gasteiger partial charge in [0.15, 0.2) is 0 Å². The van der Waals surface area contributed by atoms with E-state index >= 15 is 0 Å². The highest BCUT2D eigenvalue weighted by atomic mass is 16.7. The van der Waals surface area contributed by atoms with Crippen LogP contribution >= 0.6 is 0 Å². The fraction of sp³-hybridized carbons (Fsp3) is 0.357. The summed E-state index contributed by atoms with van der Waals surface area (Å²) in [5.41, 5.74) is 12.1. The van der Waals surface area contributed by atoms with E-state index in [1.54, 1.807) is 0 Å². The van der Waals surface area contributed by atoms with Crippen molar-refractivity contribution < 1.29 is 18.6 Å². The Labute approximate surface area is 382 Å². The summed E-state index contributed by atoms with van der Waals surface area (Å²) in [5.74, 6) is 0. The molecule has 2 fully saturated rings. The van der Waals surface area contributed by atoms with E-state index in [0.29, 0.717) is 0 Å². The van der Waals surface area contributed by atoms with Crippen LogP contribution in [0, 0.1) is 0 Å². The molecule has 0 unspecified atom stereocenters. The van der Waals surface area contributed by atoms with Gasteiger partial charge in [0.1, 0.15) is 0 Å². The lowest BCUT2D eigenvalue weighted by atomic mass is 9.79. The lowest BCUT2D eigenvalue weighted by molar-refractivity contribution is 0.00578. The molecule has 6 aromatic carbocycles. The molecule has 7 aromatic rings. The van der Waals surface area contributed by atoms with Crippen LogP contribution in [0.25, 0.3) is 38.6 Å². The smallest absolute Gasteiger partial charge is 0.399 e. The van der Waals surface area contributed by atoms with E-state index in [0.717, 1.165) is 44.8 Å². The summed E-state index contributed by atoms with van der Waals surface area (Å²) in [6.45, 7) is 30.4. The maximum absolute atomic E-state index is 6.40. The van der Waals surface area contributed by atoms with Gasteiger partial charge in [-0.05, 0) is 172 Å². The molecule has 0 bridgehead atoms. The molecule has 0 atom stereocenters. The average molecular weight is 851 g/mol. The molecule has 328 valence electrons. The molecule has 6 nitrogen and oxygen atoms in total. The summed E-state index contributed by atoms with van der Waals surface area (Å²) in [4.78, 5) is 2.29. The first-order valence-electron chi connectivity index (χ1n) is 22.9. The zero-order valence-electron chi connectivity index (χ0n) is 40.4. The van der Waals surface area contributed by atoms with Gasteiger partial charge in [-0.15, -0.1) is 0 Å². The van der Waals surface area contributed by atoms with Crippen molar-refractivity contribution in [2.24, 2.45) is 0 Å². The molecule has 9 rings (SSSR count). The van der Waals surface area contributed by atoms with Gasteiger partial charge in [0, 0.05) is 33.5 Å². The zero-order valence-corrected chi connectivity index (χ0v) is 40.4. The lowest BCUT2D eigenvalue weighted by Gasteiger charge is -2.32. The summed E-state index contributed by atoms with van der Waals surface area (Å²) < 4.78 is 28.0. The molecular formula is C56H64B2N2O4. The van der Waals surface area contributed by atoms with Crippen LogP contribution in [-0.2, 0) is 29.4 Å². The van der Waals surface area contributed by atoms with E-state index in [4.69, 9.17) is 18.6 Å². The van der Waals surface area contributed by atoms with Gasteiger partial charge in [0.25, 0.3) is 0 Å². The molecular weight excluding hydrogens is 786 g/mol. The van der Waals surface area contributed by atoms with Crippen molar-refractivity contribution in [1.82, 2.24) is 4.57 Å². The summed E-state index contributed by atoms with van der Waals surface area (Å²) in [6.07, 6.45) is 0. The molecule has 0 amide bonds. The van der Waals surface area contributed by atoms with E-state index in [1.807, 2.05) is 0 Å². The van der Waals surface area contributed by atoms with Crippen LogP contribution in [0.3, 0.4) is 0 Å². The van der Waals surface area contributed by atoms with Gasteiger partial charge in [-0.3, -0.25) is 0 Å². The fourth-order valence-corrected chi connectivity index (χ4v) is 8.81. The first kappa shape index (κ1) is 44.1. The van der Waals surface area contributed by atoms with E-state index < -0.39 is 36.6 Å². The van der Waals surface area contributed by atoms with Gasteiger partial charge in [0.05, 0.1) is 33.4 Å². The third kappa shape index (κ3) is 7.81. The molecule has 64 heavy (non-hydrogen) atoms. The highest BCUT2D eigenvalue weighted by Gasteiger charge is 2.52. The van der Waals surface area contributed by atoms with Crippen molar-refractivity contribution in [3.63, 3.8) is 0 Å². The maximum atomic E-state index is 6.40. The Kier molecular flexibility index (Phi) is 10.5. The number of nitrogens with zero attached hydrogens (tertiary/aromatic N) is 2. The van der Waals surface area contributed by atoms with Gasteiger partial charge in [0.2, 0.25) is 0 Å². The topological polar surface area (TPSA) is 45.1 Å². The molecule has 0 saturated carbocycles. The average Bonchev–Trinajstić information content (AvgIpc) is 3.77. The monoisotopic (exact) mass is 851 g/mol. The maximum Gasteiger partial charge on any atom is 0.494 e. The minimum Gasteiger partial charge on any atom is -0.399 e. The van der Waals surface area contributed by atoms with Gasteiger partial charge in [-0.25, -0.2) is 0 Å². The predicted octanol–water partition coefficient (Wildman–Crippen LogP) is 13.1. The number of rotatable bonds is 7. The van der Waals surface area contributed by atoms with Crippen LogP contribution in [0.4, 0.5) is 17.1 Å². The van der Waals surface area contributed by atoms with E-state index in [-0.39, 0.29) is 10.8 Å². The standard InChI is InChI=1S/C56H64B2N2O4/c1-51(2,3)39-19-33-49-47(35-39)48-36-40(52(4,5)6)20-34-50(48)60(49)46-27-17-38(18-28-46)37-15-25-43(26-16-37)59(44-29-21-41(22-30-44)57-61-53(7,8)54(9,10)62-57)45-31-23-42(24-32-45)58-63-55(11,12)56(13,14)64-58/h15-36H,1-14H3. The van der Waals surface area contributed by atoms with Crippen LogP contribution in [0.5, 0.6) is 0 Å². The number of hydrogen-bond donors (Lipinski definition) is 0. The summed E-state index contributed by atoms with van der Waals surface area (Å²) in [5, 5.41) is 2.59. The van der Waals surface area contributed by atoms with Gasteiger partial charge in [-0.2, -0.15) is 0 Å². The summed E-state index contributed by atoms with van der Waals surface area (Å²) in [7, 11) is -0.870. The highest BCUT2D eigenvalue weighted by molar-refractivity contribution is 6.62. The van der Waals surface area contributed by atoms with Crippen molar-refractivity contribution in [3.8, 4) is 16.8 Å². The van der Waals surface area contributed by atoms with Crippen molar-refractivity contribution in [1.29, 1.82) is 0 Å². The minimum absolute atomic E-state index is 0.0537. The van der Waals surface area contributed by atoms with E-state index in [9.17, 15) is 0 Å². The van der Waals surface area contributed by atoms with Crippen molar-refractivity contribution in [3.05, 3.63) is 145 Å². The molecule has 0 N–H and O–H groups in total. The number of hydrogen-bond acceptors (Lipinski definition) is 5. The largest absolute Gasteiger partial charge is 0.494 e. The van der Waals surface area contributed by atoms with Crippen molar-refractivity contribution >= 4 is 64.0 Å². The van der Waals surface area contributed by atoms with Crippen LogP contribution in [0.1, 0.15) is 108 Å². The number of fused-ring (bicyclic) bond motifs is 3. The second-order valence-corrected chi connectivity index (χ2v) is 22.1. The molecule has 3 heterocycles. The highest BCUT2D eigenvalue weighted by Crippen LogP contribution is 2.41. The Morgan fingerprint density at radius 1 is 0.406 bits per heavy atom. The van der Waals surface area contributed by atoms with Crippen molar-refractivity contribution in [2.45, 2.75) is 130 Å². The summed E-state index contributed by atoms with van der Waals surface area (Å²) >= 11 is 0. The number of aromatic nitrogens is 1. The molecule has 2 aliphatic rings. The molecule has 8 heteroatoms. The summed E-state index contributed by atoms with van der Waals surface area (Å²) in [6, 6.07) is 48.9. The lowest BCUT2D eigenvalue weighted by Crippen LogP contribution is -2.41. The minimum atomic E-state index is -0.435. The second kappa shape index (κ2) is 15.2. The molecule has 1 aromatic heterocycles. The quantitative estimate of drug-likeness (QED) is 0.150. The zero-order chi connectivity index (χ0) is 45.8. The third-order valence-corrected chi connectivity index (χ3v) is 14.4. The van der Waals surface area contributed by atoms with E-state index in [2.05, 4.69) is 240 Å². The normalized spacial score (nSPS) is 18.0. The number of anilines is 3. The predicted molar refractivity (Wildman–Crippen MR) is 270 cm³/mol. The fourth-order valence-electron chi connectivity index (χ4n) is 8.81. The Hall–Kier alpha value is -5.11.